The molecule has 1 heterocycles. The van der Waals surface area contributed by atoms with Crippen molar-refractivity contribution in [1.82, 2.24) is 5.32 Å². The molecule has 2 aromatic rings. The van der Waals surface area contributed by atoms with Crippen LogP contribution in [-0.2, 0) is 13.1 Å². The van der Waals surface area contributed by atoms with Crippen LogP contribution in [0.3, 0.4) is 0 Å². The molecule has 0 amide bonds. The monoisotopic (exact) mass is 385 g/mol. The molecule has 0 unspecified atom stereocenters. The highest BCUT2D eigenvalue weighted by atomic mass is 79.9. The number of fused-ring (bicyclic) bond motifs is 1. The number of ether oxygens (including phenoxy) is 3. The van der Waals surface area contributed by atoms with Gasteiger partial charge in [0, 0.05) is 18.7 Å². The Labute approximate surface area is 140 Å². The summed E-state index contributed by atoms with van der Waals surface area (Å²) in [5.41, 5.74) is 1.67. The van der Waals surface area contributed by atoms with Crippen molar-refractivity contribution in [3.8, 4) is 17.2 Å². The van der Waals surface area contributed by atoms with Crippen molar-refractivity contribution in [1.29, 1.82) is 0 Å². The summed E-state index contributed by atoms with van der Waals surface area (Å²) in [6.07, 6.45) is 0. The molecular formula is C16H14BrF2NO3. The molecule has 1 N–H and O–H groups in total. The summed E-state index contributed by atoms with van der Waals surface area (Å²) in [5, 5.41) is 3.21. The van der Waals surface area contributed by atoms with E-state index in [0.717, 1.165) is 10.0 Å². The second-order valence-electron chi connectivity index (χ2n) is 4.90. The predicted molar refractivity (Wildman–Crippen MR) is 83.9 cm³/mol. The van der Waals surface area contributed by atoms with Crippen molar-refractivity contribution in [2.75, 3.05) is 6.79 Å². The Balaban J connectivity index is 1.63. The zero-order valence-corrected chi connectivity index (χ0v) is 13.6. The SMILES string of the molecule is FC(F)Oc1ccccc1CNCc1cc(Br)c2c(c1)OCO2. The summed E-state index contributed by atoms with van der Waals surface area (Å²) >= 11 is 3.44. The van der Waals surface area contributed by atoms with Crippen LogP contribution in [0.4, 0.5) is 8.78 Å². The molecule has 0 spiro atoms. The lowest BCUT2D eigenvalue weighted by molar-refractivity contribution is -0.0505. The van der Waals surface area contributed by atoms with Gasteiger partial charge in [0.2, 0.25) is 6.79 Å². The molecule has 0 aromatic heterocycles. The molecule has 1 aliphatic heterocycles. The van der Waals surface area contributed by atoms with Crippen LogP contribution in [0.5, 0.6) is 17.2 Å². The van der Waals surface area contributed by atoms with E-state index in [2.05, 4.69) is 26.0 Å². The number of rotatable bonds is 6. The molecule has 0 saturated heterocycles. The second-order valence-corrected chi connectivity index (χ2v) is 5.76. The maximum atomic E-state index is 12.4. The molecule has 0 aliphatic carbocycles. The minimum atomic E-state index is -2.83. The molecule has 0 radical (unpaired) electrons. The molecule has 3 rings (SSSR count). The molecule has 4 nitrogen and oxygen atoms in total. The molecule has 23 heavy (non-hydrogen) atoms. The van der Waals surface area contributed by atoms with Gasteiger partial charge in [0.15, 0.2) is 11.5 Å². The lowest BCUT2D eigenvalue weighted by Crippen LogP contribution is -2.14. The highest BCUT2D eigenvalue weighted by Gasteiger charge is 2.17. The van der Waals surface area contributed by atoms with E-state index in [1.807, 2.05) is 12.1 Å². The van der Waals surface area contributed by atoms with E-state index in [0.29, 0.717) is 30.2 Å². The Morgan fingerprint density at radius 2 is 2.00 bits per heavy atom. The second kappa shape index (κ2) is 7.14. The minimum Gasteiger partial charge on any atom is -0.454 e. The third kappa shape index (κ3) is 3.92. The first-order valence-electron chi connectivity index (χ1n) is 6.95. The van der Waals surface area contributed by atoms with Gasteiger partial charge in [-0.2, -0.15) is 8.78 Å². The number of halogens is 3. The summed E-state index contributed by atoms with van der Waals surface area (Å²) in [5.74, 6) is 1.57. The normalized spacial score (nSPS) is 12.7. The van der Waals surface area contributed by atoms with E-state index in [1.165, 1.54) is 6.07 Å². The molecule has 0 bridgehead atoms. The summed E-state index contributed by atoms with van der Waals surface area (Å²) in [7, 11) is 0. The van der Waals surface area contributed by atoms with Crippen molar-refractivity contribution in [3.63, 3.8) is 0 Å². The van der Waals surface area contributed by atoms with E-state index in [-0.39, 0.29) is 12.5 Å². The van der Waals surface area contributed by atoms with Crippen LogP contribution in [0.15, 0.2) is 40.9 Å². The zero-order chi connectivity index (χ0) is 16.2. The number of hydrogen-bond donors (Lipinski definition) is 1. The number of para-hydroxylation sites is 1. The Morgan fingerprint density at radius 3 is 2.83 bits per heavy atom. The van der Waals surface area contributed by atoms with Gasteiger partial charge in [-0.1, -0.05) is 18.2 Å². The maximum absolute atomic E-state index is 12.4. The lowest BCUT2D eigenvalue weighted by Gasteiger charge is -2.12. The van der Waals surface area contributed by atoms with Gasteiger partial charge >= 0.3 is 6.61 Å². The van der Waals surface area contributed by atoms with Gasteiger partial charge in [-0.3, -0.25) is 0 Å². The third-order valence-corrected chi connectivity index (χ3v) is 3.91. The van der Waals surface area contributed by atoms with Gasteiger partial charge in [0.1, 0.15) is 5.75 Å². The van der Waals surface area contributed by atoms with Crippen LogP contribution < -0.4 is 19.5 Å². The summed E-state index contributed by atoms with van der Waals surface area (Å²) < 4.78 is 40.8. The zero-order valence-electron chi connectivity index (χ0n) is 12.0. The average Bonchev–Trinajstić information content (AvgIpc) is 2.97. The van der Waals surface area contributed by atoms with Crippen LogP contribution >= 0.6 is 15.9 Å². The van der Waals surface area contributed by atoms with E-state index < -0.39 is 6.61 Å². The first-order chi connectivity index (χ1) is 11.1. The molecule has 1 aliphatic rings. The van der Waals surface area contributed by atoms with Gasteiger partial charge in [0.25, 0.3) is 0 Å². The maximum Gasteiger partial charge on any atom is 0.387 e. The fourth-order valence-corrected chi connectivity index (χ4v) is 2.93. The molecule has 0 atom stereocenters. The Morgan fingerprint density at radius 1 is 1.17 bits per heavy atom. The lowest BCUT2D eigenvalue weighted by atomic mass is 10.1. The first-order valence-corrected chi connectivity index (χ1v) is 7.74. The van der Waals surface area contributed by atoms with Crippen molar-refractivity contribution < 1.29 is 23.0 Å². The fourth-order valence-electron chi connectivity index (χ4n) is 2.33. The Kier molecular flexibility index (Phi) is 4.97. The number of nitrogens with one attached hydrogen (secondary N) is 1. The van der Waals surface area contributed by atoms with Gasteiger partial charge < -0.3 is 19.5 Å². The van der Waals surface area contributed by atoms with E-state index >= 15 is 0 Å². The van der Waals surface area contributed by atoms with Crippen molar-refractivity contribution in [3.05, 3.63) is 52.0 Å². The predicted octanol–water partition coefficient (Wildman–Crippen LogP) is 4.07. The number of alkyl halides is 2. The van der Waals surface area contributed by atoms with E-state index in [4.69, 9.17) is 9.47 Å². The number of hydrogen-bond acceptors (Lipinski definition) is 4. The molecule has 0 fully saturated rings. The molecular weight excluding hydrogens is 372 g/mol. The minimum absolute atomic E-state index is 0.182. The van der Waals surface area contributed by atoms with E-state index in [9.17, 15) is 8.78 Å². The van der Waals surface area contributed by atoms with Crippen LogP contribution in [0.25, 0.3) is 0 Å². The summed E-state index contributed by atoms with van der Waals surface area (Å²) in [6.45, 7) is -1.66. The van der Waals surface area contributed by atoms with Crippen LogP contribution in [0.2, 0.25) is 0 Å². The topological polar surface area (TPSA) is 39.7 Å². The van der Waals surface area contributed by atoms with Gasteiger partial charge in [-0.15, -0.1) is 0 Å². The Bertz CT molecular complexity index is 697. The summed E-state index contributed by atoms with van der Waals surface area (Å²) in [6, 6.07) is 10.5. The van der Waals surface area contributed by atoms with E-state index in [1.54, 1.807) is 18.2 Å². The smallest absolute Gasteiger partial charge is 0.387 e. The van der Waals surface area contributed by atoms with Gasteiger partial charge in [-0.05, 0) is 39.7 Å². The van der Waals surface area contributed by atoms with Gasteiger partial charge in [-0.25, -0.2) is 0 Å². The van der Waals surface area contributed by atoms with Crippen LogP contribution in [-0.4, -0.2) is 13.4 Å². The highest BCUT2D eigenvalue weighted by Crippen LogP contribution is 2.39. The first kappa shape index (κ1) is 16.0. The Hall–Kier alpha value is -1.86. The standard InChI is InChI=1S/C16H14BrF2NO3/c17-12-5-10(6-14-15(12)22-9-21-14)7-20-8-11-3-1-2-4-13(11)23-16(18)19/h1-6,16,20H,7-9H2. The molecule has 0 saturated carbocycles. The number of benzene rings is 2. The third-order valence-electron chi connectivity index (χ3n) is 3.32. The largest absolute Gasteiger partial charge is 0.454 e. The molecule has 122 valence electrons. The summed E-state index contributed by atoms with van der Waals surface area (Å²) in [4.78, 5) is 0. The van der Waals surface area contributed by atoms with Crippen LogP contribution in [0.1, 0.15) is 11.1 Å². The van der Waals surface area contributed by atoms with Crippen molar-refractivity contribution in [2.45, 2.75) is 19.7 Å². The molecule has 7 heteroatoms. The van der Waals surface area contributed by atoms with Gasteiger partial charge in [0.05, 0.1) is 4.47 Å². The highest BCUT2D eigenvalue weighted by molar-refractivity contribution is 9.10. The van der Waals surface area contributed by atoms with Crippen molar-refractivity contribution in [2.24, 2.45) is 0 Å². The molecule has 2 aromatic carbocycles. The van der Waals surface area contributed by atoms with Crippen molar-refractivity contribution >= 4 is 15.9 Å². The average molecular weight is 386 g/mol. The quantitative estimate of drug-likeness (QED) is 0.813. The fraction of sp³-hybridized carbons (Fsp3) is 0.250. The van der Waals surface area contributed by atoms with Crippen LogP contribution in [0, 0.1) is 0 Å².